The highest BCUT2D eigenvalue weighted by molar-refractivity contribution is 5.72. The number of carboxylic acids is 1. The van der Waals surface area contributed by atoms with Crippen molar-refractivity contribution in [2.75, 3.05) is 20.0 Å². The molecular formula is C12H14O6. The van der Waals surface area contributed by atoms with Crippen LogP contribution in [-0.2, 0) is 9.53 Å². The Labute approximate surface area is 104 Å². The number of rotatable bonds is 6. The molecule has 98 valence electrons. The molecule has 6 heteroatoms. The van der Waals surface area contributed by atoms with Gasteiger partial charge in [-0.15, -0.1) is 0 Å². The van der Waals surface area contributed by atoms with E-state index in [1.165, 1.54) is 0 Å². The van der Waals surface area contributed by atoms with E-state index in [2.05, 4.69) is 0 Å². The first-order chi connectivity index (χ1) is 8.70. The maximum Gasteiger partial charge on any atom is 0.336 e. The number of aliphatic carboxylic acids is 1. The highest BCUT2D eigenvalue weighted by Gasteiger charge is 2.19. The summed E-state index contributed by atoms with van der Waals surface area (Å²) in [5, 5.41) is 8.89. The molecule has 0 spiro atoms. The molecule has 1 aromatic rings. The summed E-state index contributed by atoms with van der Waals surface area (Å²) in [7, 11) is 0. The van der Waals surface area contributed by atoms with Crippen molar-refractivity contribution in [1.82, 2.24) is 0 Å². The predicted molar refractivity (Wildman–Crippen MR) is 61.1 cm³/mol. The Balaban J connectivity index is 1.95. The molecule has 6 nitrogen and oxygen atoms in total. The molecule has 1 N–H and O–H groups in total. The van der Waals surface area contributed by atoms with Gasteiger partial charge in [0.05, 0.1) is 0 Å². The van der Waals surface area contributed by atoms with Gasteiger partial charge in [-0.05, 0) is 19.1 Å². The summed E-state index contributed by atoms with van der Waals surface area (Å²) in [4.78, 5) is 10.8. The summed E-state index contributed by atoms with van der Waals surface area (Å²) < 4.78 is 20.8. The van der Waals surface area contributed by atoms with Crippen molar-refractivity contribution in [1.29, 1.82) is 0 Å². The molecule has 0 bridgehead atoms. The van der Waals surface area contributed by atoms with Crippen LogP contribution in [0.3, 0.4) is 0 Å². The number of benzene rings is 1. The molecule has 0 saturated heterocycles. The Morgan fingerprint density at radius 1 is 1.44 bits per heavy atom. The SMILES string of the molecule is CCOC(COc1ccc2c(c1)OCO2)C(=O)O. The largest absolute Gasteiger partial charge is 0.490 e. The standard InChI is InChI=1S/C12H14O6/c1-2-15-11(12(13)14)6-16-8-3-4-9-10(5-8)18-7-17-9/h3-5,11H,2,6-7H2,1H3,(H,13,14). The summed E-state index contributed by atoms with van der Waals surface area (Å²) in [6.07, 6.45) is -0.972. The monoisotopic (exact) mass is 254 g/mol. The zero-order valence-electron chi connectivity index (χ0n) is 9.92. The molecule has 1 aliphatic heterocycles. The average Bonchev–Trinajstić information content (AvgIpc) is 2.81. The average molecular weight is 254 g/mol. The Morgan fingerprint density at radius 2 is 2.22 bits per heavy atom. The summed E-state index contributed by atoms with van der Waals surface area (Å²) in [6.45, 7) is 2.19. The molecule has 1 aliphatic rings. The molecule has 0 radical (unpaired) electrons. The van der Waals surface area contributed by atoms with E-state index in [0.717, 1.165) is 0 Å². The van der Waals surface area contributed by atoms with Crippen LogP contribution in [0.2, 0.25) is 0 Å². The lowest BCUT2D eigenvalue weighted by atomic mass is 10.3. The third-order valence-corrected chi connectivity index (χ3v) is 2.39. The van der Waals surface area contributed by atoms with Crippen LogP contribution in [-0.4, -0.2) is 37.2 Å². The highest BCUT2D eigenvalue weighted by Crippen LogP contribution is 2.35. The van der Waals surface area contributed by atoms with Gasteiger partial charge in [0.1, 0.15) is 12.4 Å². The van der Waals surface area contributed by atoms with Crippen molar-refractivity contribution < 1.29 is 28.8 Å². The molecule has 1 unspecified atom stereocenters. The number of fused-ring (bicyclic) bond motifs is 1. The molecule has 0 amide bonds. The second-order valence-electron chi connectivity index (χ2n) is 3.61. The first-order valence-corrected chi connectivity index (χ1v) is 5.57. The summed E-state index contributed by atoms with van der Waals surface area (Å²) in [6, 6.07) is 5.07. The second kappa shape index (κ2) is 5.59. The lowest BCUT2D eigenvalue weighted by molar-refractivity contribution is -0.152. The van der Waals surface area contributed by atoms with Crippen LogP contribution >= 0.6 is 0 Å². The second-order valence-corrected chi connectivity index (χ2v) is 3.61. The number of carbonyl (C=O) groups is 1. The molecule has 0 aliphatic carbocycles. The van der Waals surface area contributed by atoms with Gasteiger partial charge in [-0.1, -0.05) is 0 Å². The number of hydrogen-bond donors (Lipinski definition) is 1. The van der Waals surface area contributed by atoms with Crippen molar-refractivity contribution in [2.45, 2.75) is 13.0 Å². The number of ether oxygens (including phenoxy) is 4. The van der Waals surface area contributed by atoms with Gasteiger partial charge in [0.25, 0.3) is 0 Å². The first-order valence-electron chi connectivity index (χ1n) is 5.57. The summed E-state index contributed by atoms with van der Waals surface area (Å²) in [5.41, 5.74) is 0. The molecule has 1 atom stereocenters. The van der Waals surface area contributed by atoms with E-state index in [9.17, 15) is 4.79 Å². The van der Waals surface area contributed by atoms with Crippen LogP contribution in [0, 0.1) is 0 Å². The van der Waals surface area contributed by atoms with Gasteiger partial charge in [0, 0.05) is 12.7 Å². The Kier molecular flexibility index (Phi) is 3.88. The Bertz CT molecular complexity index is 431. The van der Waals surface area contributed by atoms with Gasteiger partial charge in [-0.3, -0.25) is 0 Å². The topological polar surface area (TPSA) is 74.2 Å². The van der Waals surface area contributed by atoms with E-state index in [1.807, 2.05) is 0 Å². The van der Waals surface area contributed by atoms with Crippen molar-refractivity contribution in [2.24, 2.45) is 0 Å². The van der Waals surface area contributed by atoms with Gasteiger partial charge >= 0.3 is 5.97 Å². The molecule has 0 fully saturated rings. The molecule has 0 saturated carbocycles. The van der Waals surface area contributed by atoms with Crippen molar-refractivity contribution in [3.63, 3.8) is 0 Å². The molecule has 1 heterocycles. The first kappa shape index (κ1) is 12.5. The van der Waals surface area contributed by atoms with E-state index in [-0.39, 0.29) is 13.4 Å². The van der Waals surface area contributed by atoms with Gasteiger partial charge in [0.15, 0.2) is 17.6 Å². The summed E-state index contributed by atoms with van der Waals surface area (Å²) in [5.74, 6) is 0.723. The van der Waals surface area contributed by atoms with Crippen LogP contribution in [0.25, 0.3) is 0 Å². The molecule has 2 rings (SSSR count). The maximum absolute atomic E-state index is 10.8. The van der Waals surface area contributed by atoms with E-state index in [0.29, 0.717) is 23.9 Å². The lowest BCUT2D eigenvalue weighted by Gasteiger charge is -2.13. The smallest absolute Gasteiger partial charge is 0.336 e. The number of carboxylic acid groups (broad SMARTS) is 1. The van der Waals surface area contributed by atoms with Crippen molar-refractivity contribution in [3.05, 3.63) is 18.2 Å². The van der Waals surface area contributed by atoms with E-state index in [4.69, 9.17) is 24.1 Å². The molecule has 1 aromatic carbocycles. The zero-order valence-corrected chi connectivity index (χ0v) is 9.92. The fourth-order valence-electron chi connectivity index (χ4n) is 1.53. The highest BCUT2D eigenvalue weighted by atomic mass is 16.7. The van der Waals surface area contributed by atoms with E-state index >= 15 is 0 Å². The van der Waals surface area contributed by atoms with Gasteiger partial charge < -0.3 is 24.1 Å². The quantitative estimate of drug-likeness (QED) is 0.824. The van der Waals surface area contributed by atoms with Crippen LogP contribution in [0.5, 0.6) is 17.2 Å². The predicted octanol–water partition coefficient (Wildman–Crippen LogP) is 1.28. The maximum atomic E-state index is 10.8. The van der Waals surface area contributed by atoms with Crippen molar-refractivity contribution in [3.8, 4) is 17.2 Å². The van der Waals surface area contributed by atoms with E-state index < -0.39 is 12.1 Å². The van der Waals surface area contributed by atoms with Gasteiger partial charge in [0.2, 0.25) is 6.79 Å². The zero-order chi connectivity index (χ0) is 13.0. The van der Waals surface area contributed by atoms with Crippen LogP contribution in [0.1, 0.15) is 6.92 Å². The van der Waals surface area contributed by atoms with Crippen LogP contribution < -0.4 is 14.2 Å². The van der Waals surface area contributed by atoms with Crippen LogP contribution in [0.4, 0.5) is 0 Å². The normalized spacial score (nSPS) is 14.3. The molecule has 18 heavy (non-hydrogen) atoms. The molecule has 0 aromatic heterocycles. The van der Waals surface area contributed by atoms with Crippen molar-refractivity contribution >= 4 is 5.97 Å². The minimum atomic E-state index is -1.04. The third kappa shape index (κ3) is 2.84. The fraction of sp³-hybridized carbons (Fsp3) is 0.417. The van der Waals surface area contributed by atoms with Crippen LogP contribution in [0.15, 0.2) is 18.2 Å². The fourth-order valence-corrected chi connectivity index (χ4v) is 1.53. The summed E-state index contributed by atoms with van der Waals surface area (Å²) >= 11 is 0. The Morgan fingerprint density at radius 3 is 2.94 bits per heavy atom. The van der Waals surface area contributed by atoms with Gasteiger partial charge in [-0.2, -0.15) is 0 Å². The third-order valence-electron chi connectivity index (χ3n) is 2.39. The van der Waals surface area contributed by atoms with Gasteiger partial charge in [-0.25, -0.2) is 4.79 Å². The Hall–Kier alpha value is -1.95. The van der Waals surface area contributed by atoms with E-state index in [1.54, 1.807) is 25.1 Å². The minimum Gasteiger partial charge on any atom is -0.490 e. The minimum absolute atomic E-state index is 0.0528. The lowest BCUT2D eigenvalue weighted by Crippen LogP contribution is -2.30. The molecular weight excluding hydrogens is 240 g/mol. The number of hydrogen-bond acceptors (Lipinski definition) is 5.